The summed E-state index contributed by atoms with van der Waals surface area (Å²) in [5.74, 6) is 1.97. The van der Waals surface area contributed by atoms with Crippen molar-refractivity contribution in [2.45, 2.75) is 13.8 Å². The molecule has 0 unspecified atom stereocenters. The second-order valence-electron chi connectivity index (χ2n) is 11.4. The summed E-state index contributed by atoms with van der Waals surface area (Å²) in [5.41, 5.74) is 5.36. The predicted molar refractivity (Wildman–Crippen MR) is 187 cm³/mol. The molecule has 0 N–H and O–H groups in total. The summed E-state index contributed by atoms with van der Waals surface area (Å²) in [4.78, 5) is 9.67. The van der Waals surface area contributed by atoms with E-state index in [1.165, 1.54) is 0 Å². The Morgan fingerprint density at radius 3 is 1.67 bits per heavy atom. The molecule has 0 spiro atoms. The molecule has 0 atom stereocenters. The van der Waals surface area contributed by atoms with E-state index in [9.17, 15) is 0 Å². The lowest BCUT2D eigenvalue weighted by Crippen LogP contribution is -2.37. The molecule has 0 aliphatic carbocycles. The lowest BCUT2D eigenvalue weighted by molar-refractivity contribution is 0.312. The Kier molecular flexibility index (Phi) is 7.23. The van der Waals surface area contributed by atoms with E-state index in [2.05, 4.69) is 72.8 Å². The molecular weight excluding hydrogens is 583 g/mol. The SMILES string of the molecule is Cc1ccc2cccc([O][Al]([O]c3cccc4ccc(C)nc34)[O]c3c(-c4ccccc4)ccc4ccc5ccccc5c34)c2n1. The van der Waals surface area contributed by atoms with E-state index < -0.39 is 15.1 Å². The summed E-state index contributed by atoms with van der Waals surface area (Å²) >= 11 is -3.08. The first kappa shape index (κ1) is 28.1. The van der Waals surface area contributed by atoms with E-state index in [0.717, 1.165) is 71.6 Å². The van der Waals surface area contributed by atoms with Crippen molar-refractivity contribution in [3.63, 3.8) is 0 Å². The topological polar surface area (TPSA) is 53.5 Å². The van der Waals surface area contributed by atoms with Crippen LogP contribution in [-0.4, -0.2) is 25.1 Å². The van der Waals surface area contributed by atoms with Crippen LogP contribution >= 0.6 is 0 Å². The maximum atomic E-state index is 7.13. The summed E-state index contributed by atoms with van der Waals surface area (Å²) in [6.45, 7) is 3.96. The molecule has 6 heteroatoms. The molecule has 5 nitrogen and oxygen atoms in total. The molecule has 220 valence electrons. The van der Waals surface area contributed by atoms with Crippen LogP contribution in [0.25, 0.3) is 54.5 Å². The van der Waals surface area contributed by atoms with E-state index in [0.29, 0.717) is 11.5 Å². The highest BCUT2D eigenvalue weighted by Crippen LogP contribution is 2.41. The average molecular weight is 613 g/mol. The third-order valence-electron chi connectivity index (χ3n) is 8.25. The first-order valence-electron chi connectivity index (χ1n) is 15.3. The summed E-state index contributed by atoms with van der Waals surface area (Å²) in [5, 5.41) is 6.30. The van der Waals surface area contributed by atoms with Gasteiger partial charge in [-0.3, -0.25) is 0 Å². The highest BCUT2D eigenvalue weighted by atomic mass is 27.3. The Hall–Kier alpha value is -5.41. The zero-order valence-electron chi connectivity index (χ0n) is 25.5. The van der Waals surface area contributed by atoms with E-state index in [4.69, 9.17) is 21.3 Å². The van der Waals surface area contributed by atoms with Gasteiger partial charge in [-0.15, -0.1) is 0 Å². The lowest BCUT2D eigenvalue weighted by atomic mass is 9.96. The van der Waals surface area contributed by atoms with Crippen LogP contribution < -0.4 is 11.4 Å². The molecule has 0 amide bonds. The Morgan fingerprint density at radius 1 is 0.457 bits per heavy atom. The first-order valence-corrected chi connectivity index (χ1v) is 16.7. The molecule has 0 aliphatic rings. The smallest absolute Gasteiger partial charge is 0.576 e. The van der Waals surface area contributed by atoms with Gasteiger partial charge in [-0.2, -0.15) is 0 Å². The number of nitrogens with zero attached hydrogens (tertiary/aromatic N) is 2. The molecule has 0 radical (unpaired) electrons. The molecule has 0 aliphatic heterocycles. The van der Waals surface area contributed by atoms with Gasteiger partial charge >= 0.3 is 15.1 Å². The second kappa shape index (κ2) is 11.8. The second-order valence-corrected chi connectivity index (χ2v) is 12.7. The largest absolute Gasteiger partial charge is 1.20 e. The van der Waals surface area contributed by atoms with Gasteiger partial charge in [0.05, 0.1) is 0 Å². The number of para-hydroxylation sites is 2. The highest BCUT2D eigenvalue weighted by molar-refractivity contribution is 6.41. The minimum Gasteiger partial charge on any atom is -0.576 e. The fraction of sp³-hybridized carbons (Fsp3) is 0.0500. The van der Waals surface area contributed by atoms with Gasteiger partial charge < -0.3 is 11.4 Å². The quantitative estimate of drug-likeness (QED) is 0.132. The summed E-state index contributed by atoms with van der Waals surface area (Å²) in [6, 6.07) is 47.3. The number of aromatic nitrogens is 2. The van der Waals surface area contributed by atoms with Crippen LogP contribution in [-0.2, 0) is 0 Å². The number of benzene rings is 6. The molecule has 0 saturated heterocycles. The van der Waals surface area contributed by atoms with Crippen LogP contribution in [0.1, 0.15) is 11.4 Å². The van der Waals surface area contributed by atoms with Crippen molar-refractivity contribution >= 4 is 58.5 Å². The molecule has 6 aromatic carbocycles. The first-order chi connectivity index (χ1) is 22.6. The van der Waals surface area contributed by atoms with Crippen molar-refractivity contribution < 1.29 is 11.4 Å². The van der Waals surface area contributed by atoms with Crippen molar-refractivity contribution in [2.75, 3.05) is 0 Å². The number of fused-ring (bicyclic) bond motifs is 5. The zero-order valence-corrected chi connectivity index (χ0v) is 26.6. The van der Waals surface area contributed by atoms with Crippen LogP contribution in [0.5, 0.6) is 17.2 Å². The normalized spacial score (nSPS) is 11.3. The summed E-state index contributed by atoms with van der Waals surface area (Å²) < 4.78 is 20.8. The number of aryl methyl sites for hydroxylation is 2. The van der Waals surface area contributed by atoms with Gasteiger partial charge in [-0.1, -0.05) is 115 Å². The maximum absolute atomic E-state index is 7.13. The van der Waals surface area contributed by atoms with Crippen molar-refractivity contribution in [3.05, 3.63) is 151 Å². The van der Waals surface area contributed by atoms with Gasteiger partial charge in [-0.05, 0) is 59.8 Å². The van der Waals surface area contributed by atoms with Crippen molar-refractivity contribution in [1.82, 2.24) is 9.97 Å². The Bertz CT molecular complexity index is 2310. The number of hydrogen-bond donors (Lipinski definition) is 0. The number of hydrogen-bond acceptors (Lipinski definition) is 5. The van der Waals surface area contributed by atoms with Gasteiger partial charge in [0.2, 0.25) is 0 Å². The van der Waals surface area contributed by atoms with Crippen molar-refractivity contribution in [1.29, 1.82) is 0 Å². The maximum Gasteiger partial charge on any atom is 1.20 e. The van der Waals surface area contributed by atoms with Gasteiger partial charge in [0.15, 0.2) is 0 Å². The fourth-order valence-corrected chi connectivity index (χ4v) is 7.41. The standard InChI is InChI=1S/C20H14O.2C10H9NO.Al/c21-20-18(14-6-2-1-3-7-14)13-12-16-11-10-15-8-4-5-9-17(15)19(16)20;2*1-7-5-6-8-3-2-4-9(12)10(8)11-7;/h1-13,21H;2*2-6,12H,1H3;/q;;;+3/p-3. The molecule has 46 heavy (non-hydrogen) atoms. The predicted octanol–water partition coefficient (Wildman–Crippen LogP) is 9.89. The Morgan fingerprint density at radius 2 is 1.00 bits per heavy atom. The fourth-order valence-electron chi connectivity index (χ4n) is 6.03. The molecule has 8 aromatic rings. The van der Waals surface area contributed by atoms with Gasteiger partial charge in [-0.25, -0.2) is 9.97 Å². The minimum absolute atomic E-state index is 0.619. The van der Waals surface area contributed by atoms with Gasteiger partial charge in [0.25, 0.3) is 0 Å². The van der Waals surface area contributed by atoms with Gasteiger partial charge in [0, 0.05) is 33.1 Å². The highest BCUT2D eigenvalue weighted by Gasteiger charge is 2.46. The van der Waals surface area contributed by atoms with Crippen LogP contribution in [0, 0.1) is 13.8 Å². The van der Waals surface area contributed by atoms with Crippen LogP contribution in [0.3, 0.4) is 0 Å². The zero-order chi connectivity index (χ0) is 31.0. The average Bonchev–Trinajstić information content (AvgIpc) is 3.09. The summed E-state index contributed by atoms with van der Waals surface area (Å²) in [6.07, 6.45) is 0. The van der Waals surface area contributed by atoms with Crippen LogP contribution in [0.2, 0.25) is 0 Å². The van der Waals surface area contributed by atoms with E-state index >= 15 is 0 Å². The molecule has 0 bridgehead atoms. The lowest BCUT2D eigenvalue weighted by Gasteiger charge is -2.22. The number of rotatable bonds is 7. The molecule has 2 heterocycles. The molecule has 0 saturated carbocycles. The third kappa shape index (κ3) is 5.28. The monoisotopic (exact) mass is 612 g/mol. The molecular formula is C40H29AlN2O3. The Balaban J connectivity index is 1.34. The third-order valence-corrected chi connectivity index (χ3v) is 9.57. The van der Waals surface area contributed by atoms with Crippen LogP contribution in [0.15, 0.2) is 140 Å². The Labute approximate surface area is 272 Å². The molecule has 2 aromatic heterocycles. The van der Waals surface area contributed by atoms with E-state index in [-0.39, 0.29) is 0 Å². The molecule has 0 fully saturated rings. The number of pyridine rings is 2. The minimum atomic E-state index is -3.08. The van der Waals surface area contributed by atoms with Crippen molar-refractivity contribution in [3.8, 4) is 28.4 Å². The molecule has 8 rings (SSSR count). The van der Waals surface area contributed by atoms with E-state index in [1.54, 1.807) is 0 Å². The van der Waals surface area contributed by atoms with Gasteiger partial charge in [0.1, 0.15) is 28.3 Å². The van der Waals surface area contributed by atoms with E-state index in [1.807, 2.05) is 80.6 Å². The summed E-state index contributed by atoms with van der Waals surface area (Å²) in [7, 11) is 0. The van der Waals surface area contributed by atoms with Crippen LogP contribution in [0.4, 0.5) is 0 Å². The van der Waals surface area contributed by atoms with Crippen molar-refractivity contribution in [2.24, 2.45) is 0 Å².